The SMILES string of the molecule is CC(OCc1ccccc1)C(=O)NCc1cccc(OCCN(C)C2CCOCC2)c1. The van der Waals surface area contributed by atoms with Gasteiger partial charge in [0.05, 0.1) is 6.61 Å². The number of ether oxygens (including phenoxy) is 3. The third kappa shape index (κ3) is 7.98. The Hall–Kier alpha value is -2.41. The van der Waals surface area contributed by atoms with Gasteiger partial charge in [-0.3, -0.25) is 9.69 Å². The van der Waals surface area contributed by atoms with Gasteiger partial charge in [0, 0.05) is 32.3 Å². The number of carbonyl (C=O) groups excluding carboxylic acids is 1. The summed E-state index contributed by atoms with van der Waals surface area (Å²) in [6.45, 7) is 5.83. The fraction of sp³-hybridized carbons (Fsp3) is 0.480. The van der Waals surface area contributed by atoms with E-state index in [-0.39, 0.29) is 5.91 Å². The number of hydrogen-bond acceptors (Lipinski definition) is 5. The molecule has 0 spiro atoms. The Morgan fingerprint density at radius 3 is 2.65 bits per heavy atom. The molecule has 31 heavy (non-hydrogen) atoms. The van der Waals surface area contributed by atoms with E-state index in [2.05, 4.69) is 17.3 Å². The molecule has 1 amide bonds. The molecule has 1 heterocycles. The minimum absolute atomic E-state index is 0.125. The van der Waals surface area contributed by atoms with Crippen LogP contribution in [0, 0.1) is 0 Å². The van der Waals surface area contributed by atoms with Crippen molar-refractivity contribution in [2.45, 2.75) is 45.1 Å². The smallest absolute Gasteiger partial charge is 0.249 e. The van der Waals surface area contributed by atoms with Crippen molar-refractivity contribution < 1.29 is 19.0 Å². The highest BCUT2D eigenvalue weighted by Crippen LogP contribution is 2.15. The lowest BCUT2D eigenvalue weighted by Gasteiger charge is -2.31. The second kappa shape index (κ2) is 12.4. The van der Waals surface area contributed by atoms with Crippen LogP contribution in [-0.2, 0) is 27.4 Å². The molecule has 1 atom stereocenters. The Balaban J connectivity index is 1.37. The molecule has 0 aromatic heterocycles. The quantitative estimate of drug-likeness (QED) is 0.597. The van der Waals surface area contributed by atoms with Crippen molar-refractivity contribution in [3.63, 3.8) is 0 Å². The first-order valence-electron chi connectivity index (χ1n) is 11.0. The van der Waals surface area contributed by atoms with Crippen molar-refractivity contribution in [1.82, 2.24) is 10.2 Å². The fourth-order valence-corrected chi connectivity index (χ4v) is 3.57. The molecule has 1 unspecified atom stereocenters. The molecule has 1 aliphatic heterocycles. The molecule has 168 valence electrons. The maximum absolute atomic E-state index is 12.3. The van der Waals surface area contributed by atoms with Crippen molar-refractivity contribution in [2.75, 3.05) is 33.4 Å². The van der Waals surface area contributed by atoms with Crippen LogP contribution < -0.4 is 10.1 Å². The summed E-state index contributed by atoms with van der Waals surface area (Å²) in [5.41, 5.74) is 2.05. The van der Waals surface area contributed by atoms with E-state index < -0.39 is 6.10 Å². The Morgan fingerprint density at radius 1 is 1.13 bits per heavy atom. The van der Waals surface area contributed by atoms with Crippen LogP contribution in [0.3, 0.4) is 0 Å². The summed E-state index contributed by atoms with van der Waals surface area (Å²) in [5.74, 6) is 0.695. The zero-order valence-electron chi connectivity index (χ0n) is 18.6. The summed E-state index contributed by atoms with van der Waals surface area (Å²) in [6.07, 6.45) is 1.65. The number of likely N-dealkylation sites (N-methyl/N-ethyl adjacent to an activating group) is 1. The van der Waals surface area contributed by atoms with E-state index in [1.165, 1.54) is 0 Å². The lowest BCUT2D eigenvalue weighted by molar-refractivity contribution is -0.132. The first-order valence-corrected chi connectivity index (χ1v) is 11.0. The standard InChI is InChI=1S/C25H34N2O4/c1-20(31-19-21-7-4-3-5-8-21)25(28)26-18-22-9-6-10-24(17-22)30-16-13-27(2)23-11-14-29-15-12-23/h3-10,17,20,23H,11-16,18-19H2,1-2H3,(H,26,28). The predicted molar refractivity (Wildman–Crippen MR) is 121 cm³/mol. The maximum Gasteiger partial charge on any atom is 0.249 e. The van der Waals surface area contributed by atoms with Gasteiger partial charge >= 0.3 is 0 Å². The van der Waals surface area contributed by atoms with Crippen LogP contribution in [0.4, 0.5) is 0 Å². The number of amides is 1. The van der Waals surface area contributed by atoms with Crippen LogP contribution in [0.1, 0.15) is 30.9 Å². The molecule has 0 radical (unpaired) electrons. The molecule has 0 aliphatic carbocycles. The molecule has 1 fully saturated rings. The highest BCUT2D eigenvalue weighted by molar-refractivity contribution is 5.80. The average Bonchev–Trinajstić information content (AvgIpc) is 2.82. The number of hydrogen-bond donors (Lipinski definition) is 1. The predicted octanol–water partition coefficient (Wildman–Crippen LogP) is 3.40. The third-order valence-corrected chi connectivity index (χ3v) is 5.60. The molecule has 1 aliphatic rings. The van der Waals surface area contributed by atoms with Crippen LogP contribution in [0.15, 0.2) is 54.6 Å². The highest BCUT2D eigenvalue weighted by atomic mass is 16.5. The van der Waals surface area contributed by atoms with Crippen LogP contribution in [0.2, 0.25) is 0 Å². The molecule has 0 bridgehead atoms. The molecule has 1 N–H and O–H groups in total. The third-order valence-electron chi connectivity index (χ3n) is 5.60. The zero-order valence-corrected chi connectivity index (χ0v) is 18.6. The van der Waals surface area contributed by atoms with E-state index >= 15 is 0 Å². The van der Waals surface area contributed by atoms with Gasteiger partial charge in [-0.05, 0) is 50.1 Å². The molecular formula is C25H34N2O4. The average molecular weight is 427 g/mol. The Bertz CT molecular complexity index is 793. The summed E-state index contributed by atoms with van der Waals surface area (Å²) in [5, 5.41) is 2.94. The van der Waals surface area contributed by atoms with E-state index in [1.807, 2.05) is 54.6 Å². The van der Waals surface area contributed by atoms with Crippen molar-refractivity contribution >= 4 is 5.91 Å². The van der Waals surface area contributed by atoms with Gasteiger partial charge in [0.2, 0.25) is 5.91 Å². The van der Waals surface area contributed by atoms with Gasteiger partial charge in [-0.15, -0.1) is 0 Å². The number of benzene rings is 2. The number of carbonyl (C=O) groups is 1. The largest absolute Gasteiger partial charge is 0.492 e. The molecule has 6 nitrogen and oxygen atoms in total. The van der Waals surface area contributed by atoms with Gasteiger partial charge in [-0.2, -0.15) is 0 Å². The molecule has 1 saturated heterocycles. The molecule has 3 rings (SSSR count). The Labute approximate surface area is 185 Å². The lowest BCUT2D eigenvalue weighted by Crippen LogP contribution is -2.38. The van der Waals surface area contributed by atoms with Crippen molar-refractivity contribution in [1.29, 1.82) is 0 Å². The van der Waals surface area contributed by atoms with Crippen molar-refractivity contribution in [3.05, 3.63) is 65.7 Å². The van der Waals surface area contributed by atoms with Gasteiger partial charge in [0.1, 0.15) is 18.5 Å². The topological polar surface area (TPSA) is 60.0 Å². The van der Waals surface area contributed by atoms with Crippen LogP contribution in [-0.4, -0.2) is 56.4 Å². The normalized spacial score (nSPS) is 15.6. The maximum atomic E-state index is 12.3. The van der Waals surface area contributed by atoms with E-state index in [9.17, 15) is 4.79 Å². The van der Waals surface area contributed by atoms with Gasteiger partial charge < -0.3 is 19.5 Å². The summed E-state index contributed by atoms with van der Waals surface area (Å²) in [4.78, 5) is 14.7. The fourth-order valence-electron chi connectivity index (χ4n) is 3.57. The highest BCUT2D eigenvalue weighted by Gasteiger charge is 2.18. The van der Waals surface area contributed by atoms with Crippen molar-refractivity contribution in [2.24, 2.45) is 0 Å². The summed E-state index contributed by atoms with van der Waals surface area (Å²) in [7, 11) is 2.15. The zero-order chi connectivity index (χ0) is 21.9. The molecule has 6 heteroatoms. The summed E-state index contributed by atoms with van der Waals surface area (Å²) < 4.78 is 17.0. The van der Waals surface area contributed by atoms with Crippen LogP contribution in [0.25, 0.3) is 0 Å². The first-order chi connectivity index (χ1) is 15.1. The summed E-state index contributed by atoms with van der Waals surface area (Å²) in [6, 6.07) is 18.3. The van der Waals surface area contributed by atoms with Crippen molar-refractivity contribution in [3.8, 4) is 5.75 Å². The van der Waals surface area contributed by atoms with Gasteiger partial charge in [-0.1, -0.05) is 42.5 Å². The first kappa shape index (κ1) is 23.3. The van der Waals surface area contributed by atoms with E-state index in [0.717, 1.165) is 49.5 Å². The Morgan fingerprint density at radius 2 is 1.87 bits per heavy atom. The van der Waals surface area contributed by atoms with E-state index in [0.29, 0.717) is 25.8 Å². The van der Waals surface area contributed by atoms with Gasteiger partial charge in [0.25, 0.3) is 0 Å². The lowest BCUT2D eigenvalue weighted by atomic mass is 10.1. The number of nitrogens with one attached hydrogen (secondary N) is 1. The van der Waals surface area contributed by atoms with Gasteiger partial charge in [0.15, 0.2) is 0 Å². The molecule has 0 saturated carbocycles. The van der Waals surface area contributed by atoms with E-state index in [4.69, 9.17) is 14.2 Å². The molecule has 2 aromatic rings. The molecular weight excluding hydrogens is 392 g/mol. The monoisotopic (exact) mass is 426 g/mol. The number of rotatable bonds is 11. The second-order valence-corrected chi connectivity index (χ2v) is 7.98. The second-order valence-electron chi connectivity index (χ2n) is 7.98. The number of nitrogens with zero attached hydrogens (tertiary/aromatic N) is 1. The van der Waals surface area contributed by atoms with E-state index in [1.54, 1.807) is 6.92 Å². The minimum Gasteiger partial charge on any atom is -0.492 e. The van der Waals surface area contributed by atoms with Crippen LogP contribution in [0.5, 0.6) is 5.75 Å². The summed E-state index contributed by atoms with van der Waals surface area (Å²) >= 11 is 0. The van der Waals surface area contributed by atoms with Crippen LogP contribution >= 0.6 is 0 Å². The Kier molecular flexibility index (Phi) is 9.34. The molecule has 2 aromatic carbocycles. The van der Waals surface area contributed by atoms with Gasteiger partial charge in [-0.25, -0.2) is 0 Å². The minimum atomic E-state index is -0.514.